The van der Waals surface area contributed by atoms with Crippen molar-refractivity contribution in [1.82, 2.24) is 20.1 Å². The van der Waals surface area contributed by atoms with E-state index >= 15 is 0 Å². The van der Waals surface area contributed by atoms with E-state index in [1.165, 1.54) is 5.56 Å². The summed E-state index contributed by atoms with van der Waals surface area (Å²) in [5, 5.41) is 12.2. The fourth-order valence-corrected chi connectivity index (χ4v) is 2.96. The number of likely N-dealkylation sites (tertiary alicyclic amines) is 1. The zero-order valence-electron chi connectivity index (χ0n) is 13.5. The number of benzene rings is 1. The number of hydrogen-bond acceptors (Lipinski definition) is 5. The van der Waals surface area contributed by atoms with Gasteiger partial charge in [-0.1, -0.05) is 37.3 Å². The van der Waals surface area contributed by atoms with Crippen molar-refractivity contribution >= 4 is 5.82 Å². The summed E-state index contributed by atoms with van der Waals surface area (Å²) in [6, 6.07) is 10.8. The molecule has 1 aromatic heterocycles. The average molecular weight is 297 g/mol. The molecule has 1 aromatic carbocycles. The maximum atomic E-state index is 4.60. The van der Waals surface area contributed by atoms with Crippen LogP contribution in [-0.2, 0) is 0 Å². The predicted octanol–water partition coefficient (Wildman–Crippen LogP) is 2.45. The van der Waals surface area contributed by atoms with Crippen LogP contribution in [0.25, 0.3) is 0 Å². The number of anilines is 1. The molecule has 0 spiro atoms. The molecule has 1 aliphatic heterocycles. The molecule has 3 rings (SSSR count). The highest BCUT2D eigenvalue weighted by Crippen LogP contribution is 2.27. The molecule has 1 saturated heterocycles. The average Bonchev–Trinajstić information content (AvgIpc) is 2.93. The summed E-state index contributed by atoms with van der Waals surface area (Å²) in [6.45, 7) is 6.21. The van der Waals surface area contributed by atoms with Crippen LogP contribution in [0.2, 0.25) is 0 Å². The summed E-state index contributed by atoms with van der Waals surface area (Å²) in [6.07, 6.45) is 1.14. The second kappa shape index (κ2) is 6.40. The van der Waals surface area contributed by atoms with Crippen molar-refractivity contribution < 1.29 is 0 Å². The number of hydrogen-bond donors (Lipinski definition) is 1. The number of aromatic nitrogens is 3. The Hall–Kier alpha value is -2.01. The van der Waals surface area contributed by atoms with Crippen molar-refractivity contribution in [3.05, 3.63) is 47.4 Å². The zero-order valence-corrected chi connectivity index (χ0v) is 13.5. The van der Waals surface area contributed by atoms with Crippen LogP contribution in [0.3, 0.4) is 0 Å². The largest absolute Gasteiger partial charge is 0.364 e. The highest BCUT2D eigenvalue weighted by atomic mass is 15.2. The number of nitrogens with zero attached hydrogens (tertiary/aromatic N) is 4. The van der Waals surface area contributed by atoms with E-state index in [9.17, 15) is 0 Å². The van der Waals surface area contributed by atoms with Gasteiger partial charge >= 0.3 is 0 Å². The molecule has 0 bridgehead atoms. The van der Waals surface area contributed by atoms with Crippen molar-refractivity contribution in [3.63, 3.8) is 0 Å². The molecule has 0 radical (unpaired) electrons. The second-order valence-electron chi connectivity index (χ2n) is 6.12. The van der Waals surface area contributed by atoms with Gasteiger partial charge in [0.15, 0.2) is 5.82 Å². The first-order chi connectivity index (χ1) is 10.6. The van der Waals surface area contributed by atoms with Crippen LogP contribution >= 0.6 is 0 Å². The van der Waals surface area contributed by atoms with Gasteiger partial charge in [-0.2, -0.15) is 0 Å². The van der Waals surface area contributed by atoms with Crippen LogP contribution < -0.4 is 5.32 Å². The summed E-state index contributed by atoms with van der Waals surface area (Å²) < 4.78 is 0. The molecular formula is C17H23N5. The van der Waals surface area contributed by atoms with Gasteiger partial charge in [0.05, 0.1) is 0 Å². The van der Waals surface area contributed by atoms with Crippen molar-refractivity contribution in [2.24, 2.45) is 0 Å². The zero-order chi connectivity index (χ0) is 15.5. The van der Waals surface area contributed by atoms with Gasteiger partial charge in [-0.25, -0.2) is 4.98 Å². The molecule has 2 heterocycles. The SMILES string of the molecule is Cc1nnc([C@H](C)c2ccccc2)c(N[C@H]2CCN(C)C2)n1. The Balaban J connectivity index is 1.87. The molecule has 5 heteroatoms. The van der Waals surface area contributed by atoms with Gasteiger partial charge in [0.2, 0.25) is 0 Å². The van der Waals surface area contributed by atoms with E-state index in [1.807, 2.05) is 13.0 Å². The highest BCUT2D eigenvalue weighted by Gasteiger charge is 2.23. The Kier molecular flexibility index (Phi) is 4.34. The molecule has 22 heavy (non-hydrogen) atoms. The van der Waals surface area contributed by atoms with E-state index in [0.29, 0.717) is 11.9 Å². The Bertz CT molecular complexity index is 628. The summed E-state index contributed by atoms with van der Waals surface area (Å²) in [5.41, 5.74) is 2.15. The smallest absolute Gasteiger partial charge is 0.152 e. The van der Waals surface area contributed by atoms with Crippen LogP contribution in [0.4, 0.5) is 5.82 Å². The third kappa shape index (κ3) is 3.25. The molecule has 0 saturated carbocycles. The monoisotopic (exact) mass is 297 g/mol. The van der Waals surface area contributed by atoms with Crippen molar-refractivity contribution in [2.75, 3.05) is 25.5 Å². The molecule has 0 amide bonds. The molecule has 5 nitrogen and oxygen atoms in total. The first kappa shape index (κ1) is 14.9. The molecule has 1 aliphatic rings. The van der Waals surface area contributed by atoms with Gasteiger partial charge in [0.1, 0.15) is 11.5 Å². The first-order valence-electron chi connectivity index (χ1n) is 7.84. The van der Waals surface area contributed by atoms with E-state index in [-0.39, 0.29) is 5.92 Å². The van der Waals surface area contributed by atoms with Crippen LogP contribution in [0.15, 0.2) is 30.3 Å². The minimum Gasteiger partial charge on any atom is -0.364 e. The summed E-state index contributed by atoms with van der Waals surface area (Å²) in [7, 11) is 2.15. The van der Waals surface area contributed by atoms with Crippen LogP contribution in [0.1, 0.15) is 36.3 Å². The lowest BCUT2D eigenvalue weighted by Gasteiger charge is -2.19. The van der Waals surface area contributed by atoms with E-state index in [1.54, 1.807) is 0 Å². The van der Waals surface area contributed by atoms with E-state index in [0.717, 1.165) is 31.0 Å². The second-order valence-corrected chi connectivity index (χ2v) is 6.12. The van der Waals surface area contributed by atoms with Gasteiger partial charge in [-0.3, -0.25) is 0 Å². The third-order valence-corrected chi connectivity index (χ3v) is 4.26. The number of rotatable bonds is 4. The maximum Gasteiger partial charge on any atom is 0.152 e. The number of nitrogens with one attached hydrogen (secondary N) is 1. The normalized spacial score (nSPS) is 20.0. The van der Waals surface area contributed by atoms with Gasteiger partial charge in [0, 0.05) is 18.5 Å². The number of aryl methyl sites for hydroxylation is 1. The van der Waals surface area contributed by atoms with Crippen LogP contribution in [0, 0.1) is 6.92 Å². The third-order valence-electron chi connectivity index (χ3n) is 4.26. The summed E-state index contributed by atoms with van der Waals surface area (Å²) in [5.74, 6) is 1.76. The van der Waals surface area contributed by atoms with Gasteiger partial charge in [-0.05, 0) is 32.5 Å². The molecular weight excluding hydrogens is 274 g/mol. The Morgan fingerprint density at radius 3 is 2.68 bits per heavy atom. The minimum atomic E-state index is 0.170. The maximum absolute atomic E-state index is 4.60. The fraction of sp³-hybridized carbons (Fsp3) is 0.471. The van der Waals surface area contributed by atoms with Crippen molar-refractivity contribution in [2.45, 2.75) is 32.2 Å². The van der Waals surface area contributed by atoms with Crippen molar-refractivity contribution in [1.29, 1.82) is 0 Å². The van der Waals surface area contributed by atoms with E-state index < -0.39 is 0 Å². The van der Waals surface area contributed by atoms with E-state index in [2.05, 4.69) is 63.6 Å². The highest BCUT2D eigenvalue weighted by molar-refractivity contribution is 5.46. The van der Waals surface area contributed by atoms with Gasteiger partial charge in [0.25, 0.3) is 0 Å². The van der Waals surface area contributed by atoms with E-state index in [4.69, 9.17) is 0 Å². The Morgan fingerprint density at radius 2 is 2.00 bits per heavy atom. The lowest BCUT2D eigenvalue weighted by molar-refractivity contribution is 0.414. The summed E-state index contributed by atoms with van der Waals surface area (Å²) >= 11 is 0. The lowest BCUT2D eigenvalue weighted by atomic mass is 9.97. The molecule has 116 valence electrons. The lowest BCUT2D eigenvalue weighted by Crippen LogP contribution is -2.25. The molecule has 0 unspecified atom stereocenters. The quantitative estimate of drug-likeness (QED) is 0.939. The van der Waals surface area contributed by atoms with Crippen LogP contribution in [-0.4, -0.2) is 46.3 Å². The standard InChI is InChI=1S/C17H23N5/c1-12(14-7-5-4-6-8-14)16-17(18-13(2)20-21-16)19-15-9-10-22(3)11-15/h4-8,12,15H,9-11H2,1-3H3,(H,18,19,20)/t12-,15+/m1/s1. The predicted molar refractivity (Wildman–Crippen MR) is 88.0 cm³/mol. The topological polar surface area (TPSA) is 53.9 Å². The summed E-state index contributed by atoms with van der Waals surface area (Å²) in [4.78, 5) is 6.94. The Morgan fingerprint density at radius 1 is 1.23 bits per heavy atom. The molecule has 1 fully saturated rings. The first-order valence-corrected chi connectivity index (χ1v) is 7.84. The molecule has 0 aliphatic carbocycles. The minimum absolute atomic E-state index is 0.170. The van der Waals surface area contributed by atoms with Crippen molar-refractivity contribution in [3.8, 4) is 0 Å². The number of likely N-dealkylation sites (N-methyl/N-ethyl adjacent to an activating group) is 1. The fourth-order valence-electron chi connectivity index (χ4n) is 2.96. The molecule has 1 N–H and O–H groups in total. The van der Waals surface area contributed by atoms with Gasteiger partial charge in [-0.15, -0.1) is 10.2 Å². The molecule has 2 atom stereocenters. The van der Waals surface area contributed by atoms with Gasteiger partial charge < -0.3 is 10.2 Å². The van der Waals surface area contributed by atoms with Crippen LogP contribution in [0.5, 0.6) is 0 Å². The Labute approximate surface area is 131 Å². The molecule has 2 aromatic rings.